The highest BCUT2D eigenvalue weighted by atomic mass is 35.5. The van der Waals surface area contributed by atoms with Crippen LogP contribution in [0.3, 0.4) is 0 Å². The molecular weight excluding hydrogens is 639 g/mol. The summed E-state index contributed by atoms with van der Waals surface area (Å²) >= 11 is 14.3. The lowest BCUT2D eigenvalue weighted by atomic mass is 9.83. The number of thioether (sulfide) groups is 1. The summed E-state index contributed by atoms with van der Waals surface area (Å²) in [4.78, 5) is 58.3. The monoisotopic (exact) mass is 666 g/mol. The number of carbonyl (C=O) groups excluding carboxylic acids is 3. The molecule has 0 saturated carbocycles. The molecule has 0 radical (unpaired) electrons. The average Bonchev–Trinajstić information content (AvgIpc) is 3.46. The maximum absolute atomic E-state index is 14.1. The zero-order chi connectivity index (χ0) is 31.1. The number of hydrogen-bond acceptors (Lipinski definition) is 7. The second kappa shape index (κ2) is 12.4. The van der Waals surface area contributed by atoms with Gasteiger partial charge in [0, 0.05) is 35.3 Å². The zero-order valence-electron chi connectivity index (χ0n) is 23.8. The summed E-state index contributed by atoms with van der Waals surface area (Å²) in [7, 11) is 0. The summed E-state index contributed by atoms with van der Waals surface area (Å²) in [5.41, 5.74) is 2.83. The summed E-state index contributed by atoms with van der Waals surface area (Å²) in [6.45, 7) is 5.60. The Bertz CT molecular complexity index is 1810. The number of hydrogen-bond donors (Lipinski definition) is 1. The standard InChI is InChI=1S/C32H28Cl2N4O4S2/c1-3-36(4-2)20-13-10-18(11-14-20)25-26-27(30(41)38(29(26)40)21-8-6-5-7-9-21)43-31-28(25)44-32(42)37(31)17-24(39)35-19-12-15-22(33)23(34)16-19/h5-16,25-27H,3-4,17H2,1-2H3,(H,35,39)/t25-,26-,27+/m0/s1. The molecule has 2 aliphatic heterocycles. The van der Waals surface area contributed by atoms with Gasteiger partial charge >= 0.3 is 4.87 Å². The lowest BCUT2D eigenvalue weighted by Gasteiger charge is -2.31. The third-order valence-electron chi connectivity index (χ3n) is 7.95. The highest BCUT2D eigenvalue weighted by Gasteiger charge is 2.56. The van der Waals surface area contributed by atoms with E-state index in [-0.39, 0.29) is 23.2 Å². The predicted octanol–water partition coefficient (Wildman–Crippen LogP) is 6.50. The van der Waals surface area contributed by atoms with E-state index in [0.29, 0.717) is 31.3 Å². The molecule has 0 spiro atoms. The fraction of sp³-hybridized carbons (Fsp3) is 0.250. The van der Waals surface area contributed by atoms with Crippen molar-refractivity contribution in [2.24, 2.45) is 5.92 Å². The topological polar surface area (TPSA) is 91.7 Å². The van der Waals surface area contributed by atoms with E-state index in [4.69, 9.17) is 23.2 Å². The molecular formula is C32H28Cl2N4O4S2. The van der Waals surface area contributed by atoms with E-state index < -0.39 is 23.0 Å². The van der Waals surface area contributed by atoms with Crippen LogP contribution < -0.4 is 20.0 Å². The van der Waals surface area contributed by atoms with E-state index >= 15 is 0 Å². The van der Waals surface area contributed by atoms with Crippen molar-refractivity contribution in [1.29, 1.82) is 0 Å². The van der Waals surface area contributed by atoms with Crippen molar-refractivity contribution < 1.29 is 14.4 Å². The lowest BCUT2D eigenvalue weighted by Crippen LogP contribution is -2.33. The van der Waals surface area contributed by atoms with Crippen LogP contribution in [0.4, 0.5) is 17.1 Å². The van der Waals surface area contributed by atoms with Crippen LogP contribution >= 0.6 is 46.3 Å². The van der Waals surface area contributed by atoms with Crippen molar-refractivity contribution in [2.45, 2.75) is 36.6 Å². The van der Waals surface area contributed by atoms with Crippen LogP contribution in [0, 0.1) is 5.92 Å². The first-order chi connectivity index (χ1) is 21.2. The smallest absolute Gasteiger partial charge is 0.308 e. The molecule has 4 aromatic rings. The van der Waals surface area contributed by atoms with Gasteiger partial charge in [0.15, 0.2) is 0 Å². The van der Waals surface area contributed by atoms with Gasteiger partial charge in [0.2, 0.25) is 17.7 Å². The van der Waals surface area contributed by atoms with Crippen LogP contribution in [0.2, 0.25) is 10.0 Å². The molecule has 3 aromatic carbocycles. The molecule has 6 rings (SSSR count). The van der Waals surface area contributed by atoms with Crippen LogP contribution in [-0.2, 0) is 20.9 Å². The van der Waals surface area contributed by atoms with Gasteiger partial charge in [0.05, 0.1) is 26.7 Å². The highest BCUT2D eigenvalue weighted by Crippen LogP contribution is 2.54. The summed E-state index contributed by atoms with van der Waals surface area (Å²) in [5, 5.41) is 3.17. The zero-order valence-corrected chi connectivity index (χ0v) is 27.0. The summed E-state index contributed by atoms with van der Waals surface area (Å²) in [5.74, 6) is -2.32. The third kappa shape index (κ3) is 5.45. The molecule has 0 bridgehead atoms. The van der Waals surface area contributed by atoms with Crippen LogP contribution in [-0.4, -0.2) is 40.6 Å². The predicted molar refractivity (Wildman–Crippen MR) is 178 cm³/mol. The van der Waals surface area contributed by atoms with Crippen LogP contribution in [0.5, 0.6) is 0 Å². The Labute approximate surface area is 272 Å². The van der Waals surface area contributed by atoms with E-state index in [9.17, 15) is 19.2 Å². The Balaban J connectivity index is 1.40. The van der Waals surface area contributed by atoms with E-state index in [1.807, 2.05) is 30.3 Å². The minimum atomic E-state index is -0.763. The van der Waals surface area contributed by atoms with E-state index in [1.54, 1.807) is 36.4 Å². The number of thiazole rings is 1. The molecule has 44 heavy (non-hydrogen) atoms. The maximum Gasteiger partial charge on any atom is 0.308 e. The molecule has 3 heterocycles. The number of aromatic nitrogens is 1. The SMILES string of the molecule is CCN(CC)c1ccc([C@@H]2c3sc(=O)n(CC(=O)Nc4ccc(Cl)c(Cl)c4)c3S[C@H]3C(=O)N(c4ccccc4)C(=O)[C@@H]23)cc1. The van der Waals surface area contributed by atoms with Crippen LogP contribution in [0.1, 0.15) is 30.2 Å². The molecule has 12 heteroatoms. The number of nitrogens with one attached hydrogen (secondary N) is 1. The summed E-state index contributed by atoms with van der Waals surface area (Å²) < 4.78 is 1.40. The molecule has 0 aliphatic carbocycles. The van der Waals surface area contributed by atoms with Crippen molar-refractivity contribution in [2.75, 3.05) is 28.2 Å². The molecule has 1 fully saturated rings. The van der Waals surface area contributed by atoms with Crippen molar-refractivity contribution in [3.05, 3.63) is 103 Å². The van der Waals surface area contributed by atoms with Crippen LogP contribution in [0.25, 0.3) is 0 Å². The minimum Gasteiger partial charge on any atom is -0.372 e. The van der Waals surface area contributed by atoms with Gasteiger partial charge < -0.3 is 10.2 Å². The van der Waals surface area contributed by atoms with Gasteiger partial charge in [-0.2, -0.15) is 0 Å². The van der Waals surface area contributed by atoms with Crippen molar-refractivity contribution in [1.82, 2.24) is 4.57 Å². The largest absolute Gasteiger partial charge is 0.372 e. The molecule has 226 valence electrons. The first kappa shape index (κ1) is 30.5. The van der Waals surface area contributed by atoms with Gasteiger partial charge in [-0.15, -0.1) is 0 Å². The molecule has 3 amide bonds. The van der Waals surface area contributed by atoms with Gasteiger partial charge in [-0.1, -0.05) is 76.6 Å². The van der Waals surface area contributed by atoms with Crippen molar-refractivity contribution in [3.8, 4) is 0 Å². The normalized spacial score (nSPS) is 19.1. The molecule has 1 saturated heterocycles. The van der Waals surface area contributed by atoms with Gasteiger partial charge in [0.25, 0.3) is 0 Å². The third-order valence-corrected chi connectivity index (χ3v) is 11.3. The molecule has 2 aliphatic rings. The molecule has 1 aromatic heterocycles. The number of anilines is 3. The number of halogens is 2. The number of imide groups is 1. The Morgan fingerprint density at radius 3 is 2.27 bits per heavy atom. The average molecular weight is 668 g/mol. The summed E-state index contributed by atoms with van der Waals surface area (Å²) in [6, 6.07) is 21.6. The van der Waals surface area contributed by atoms with E-state index in [1.165, 1.54) is 27.3 Å². The Kier molecular flexibility index (Phi) is 8.61. The van der Waals surface area contributed by atoms with Crippen molar-refractivity contribution in [3.63, 3.8) is 0 Å². The van der Waals surface area contributed by atoms with E-state index in [2.05, 4.69) is 24.1 Å². The van der Waals surface area contributed by atoms with Gasteiger partial charge in [0.1, 0.15) is 11.8 Å². The van der Waals surface area contributed by atoms with Crippen molar-refractivity contribution >= 4 is 81.1 Å². The number of para-hydroxylation sites is 1. The fourth-order valence-electron chi connectivity index (χ4n) is 5.85. The molecule has 1 N–H and O–H groups in total. The van der Waals surface area contributed by atoms with Gasteiger partial charge in [-0.3, -0.25) is 23.7 Å². The number of fused-ring (bicyclic) bond motifs is 2. The quantitative estimate of drug-likeness (QED) is 0.216. The molecule has 0 unspecified atom stereocenters. The highest BCUT2D eigenvalue weighted by molar-refractivity contribution is 8.00. The first-order valence-electron chi connectivity index (χ1n) is 14.1. The Morgan fingerprint density at radius 1 is 0.909 bits per heavy atom. The Morgan fingerprint density at radius 2 is 1.61 bits per heavy atom. The van der Waals surface area contributed by atoms with E-state index in [0.717, 1.165) is 35.7 Å². The number of benzene rings is 3. The number of rotatable bonds is 8. The first-order valence-corrected chi connectivity index (χ1v) is 16.6. The maximum atomic E-state index is 14.1. The second-order valence-electron chi connectivity index (χ2n) is 10.5. The molecule has 8 nitrogen and oxygen atoms in total. The summed E-state index contributed by atoms with van der Waals surface area (Å²) in [6.07, 6.45) is 0. The van der Waals surface area contributed by atoms with Crippen LogP contribution in [0.15, 0.2) is 82.6 Å². The Hall–Kier alpha value is -3.57. The lowest BCUT2D eigenvalue weighted by molar-refractivity contribution is -0.122. The number of amides is 3. The van der Waals surface area contributed by atoms with Gasteiger partial charge in [-0.25, -0.2) is 4.90 Å². The minimum absolute atomic E-state index is 0.270. The molecule has 3 atom stereocenters. The number of carbonyl (C=O) groups is 3. The second-order valence-corrected chi connectivity index (χ2v) is 13.4. The number of nitrogens with zero attached hydrogens (tertiary/aromatic N) is 3. The van der Waals surface area contributed by atoms with Gasteiger partial charge in [-0.05, 0) is 61.9 Å². The fourth-order valence-corrected chi connectivity index (χ4v) is 8.92.